The molecule has 1 aliphatic rings. The lowest BCUT2D eigenvalue weighted by Crippen LogP contribution is -2.19. The number of rotatable bonds is 6. The van der Waals surface area contributed by atoms with Gasteiger partial charge in [-0.2, -0.15) is 0 Å². The zero-order valence-corrected chi connectivity index (χ0v) is 11.6. The van der Waals surface area contributed by atoms with Gasteiger partial charge in [0.15, 0.2) is 0 Å². The van der Waals surface area contributed by atoms with Gasteiger partial charge < -0.3 is 5.32 Å². The number of halogens is 1. The molecular weight excluding hydrogens is 282 g/mol. The Morgan fingerprint density at radius 1 is 1.38 bits per heavy atom. The molecule has 0 atom stereocenters. The molecule has 16 heavy (non-hydrogen) atoms. The van der Waals surface area contributed by atoms with Crippen molar-refractivity contribution >= 4 is 27.7 Å². The smallest absolute Gasteiger partial charge is 0.0200 e. The fourth-order valence-electron chi connectivity index (χ4n) is 1.34. The maximum Gasteiger partial charge on any atom is 0.0200 e. The minimum atomic E-state index is 0.773. The predicted molar refractivity (Wildman–Crippen MR) is 75.0 cm³/mol. The minimum Gasteiger partial charge on any atom is -0.310 e. The first-order valence-electron chi connectivity index (χ1n) is 5.52. The Labute approximate surface area is 110 Å². The first-order valence-corrected chi connectivity index (χ1v) is 7.30. The highest BCUT2D eigenvalue weighted by atomic mass is 79.9. The van der Waals surface area contributed by atoms with Crippen LogP contribution < -0.4 is 5.32 Å². The average molecular weight is 298 g/mol. The van der Waals surface area contributed by atoms with Crippen LogP contribution in [0.5, 0.6) is 0 Å². The van der Waals surface area contributed by atoms with Crippen molar-refractivity contribution in [2.45, 2.75) is 23.8 Å². The van der Waals surface area contributed by atoms with Gasteiger partial charge in [0.25, 0.3) is 0 Å². The van der Waals surface area contributed by atoms with Crippen LogP contribution in [0.25, 0.3) is 0 Å². The van der Waals surface area contributed by atoms with Gasteiger partial charge in [0, 0.05) is 27.7 Å². The van der Waals surface area contributed by atoms with Crippen LogP contribution >= 0.6 is 27.7 Å². The number of nitrogens with one attached hydrogen (secondary N) is 1. The molecule has 1 fully saturated rings. The second-order valence-electron chi connectivity index (χ2n) is 4.15. The molecule has 0 unspecified atom stereocenters. The molecule has 1 aromatic carbocycles. The van der Waals surface area contributed by atoms with Crippen molar-refractivity contribution in [3.05, 3.63) is 40.9 Å². The van der Waals surface area contributed by atoms with Gasteiger partial charge in [0.05, 0.1) is 0 Å². The van der Waals surface area contributed by atoms with E-state index in [1.807, 2.05) is 11.8 Å². The summed E-state index contributed by atoms with van der Waals surface area (Å²) in [5, 5.41) is 3.48. The van der Waals surface area contributed by atoms with Crippen molar-refractivity contribution < 1.29 is 0 Å². The molecule has 0 radical (unpaired) electrons. The molecule has 0 amide bonds. The summed E-state index contributed by atoms with van der Waals surface area (Å²) in [4.78, 5) is 1.30. The second-order valence-corrected chi connectivity index (χ2v) is 6.11. The van der Waals surface area contributed by atoms with Crippen molar-refractivity contribution in [2.24, 2.45) is 0 Å². The maximum absolute atomic E-state index is 4.09. The summed E-state index contributed by atoms with van der Waals surface area (Å²) >= 11 is 5.29. The third-order valence-corrected chi connectivity index (χ3v) is 4.16. The lowest BCUT2D eigenvalue weighted by atomic mass is 10.3. The molecule has 0 heterocycles. The summed E-state index contributed by atoms with van der Waals surface area (Å²) in [5.41, 5.74) is 1.28. The third kappa shape index (κ3) is 4.32. The van der Waals surface area contributed by atoms with Crippen LogP contribution in [0.2, 0.25) is 0 Å². The van der Waals surface area contributed by atoms with Crippen molar-refractivity contribution in [1.29, 1.82) is 0 Å². The molecule has 0 aliphatic heterocycles. The van der Waals surface area contributed by atoms with Gasteiger partial charge in [0.1, 0.15) is 0 Å². The Balaban J connectivity index is 1.69. The Bertz CT molecular complexity index is 357. The van der Waals surface area contributed by atoms with E-state index in [4.69, 9.17) is 0 Å². The quantitative estimate of drug-likeness (QED) is 0.632. The zero-order chi connectivity index (χ0) is 11.4. The van der Waals surface area contributed by atoms with E-state index >= 15 is 0 Å². The summed E-state index contributed by atoms with van der Waals surface area (Å²) in [7, 11) is 0. The summed E-state index contributed by atoms with van der Waals surface area (Å²) in [5.74, 6) is 1.00. The molecule has 1 aliphatic carbocycles. The molecule has 0 saturated heterocycles. The van der Waals surface area contributed by atoms with Gasteiger partial charge in [-0.05, 0) is 37.1 Å². The standard InChI is InChI=1S/C13H16BrNS/c1-10(8-15-12-4-5-12)9-16-13-6-2-11(14)3-7-13/h2-3,6-7,12,15H,1,4-5,8-9H2. The first kappa shape index (κ1) is 12.2. The van der Waals surface area contributed by atoms with Crippen molar-refractivity contribution in [3.8, 4) is 0 Å². The lowest BCUT2D eigenvalue weighted by molar-refractivity contribution is 0.736. The highest BCUT2D eigenvalue weighted by molar-refractivity contribution is 9.10. The molecule has 1 N–H and O–H groups in total. The second kappa shape index (κ2) is 5.89. The molecule has 1 saturated carbocycles. The van der Waals surface area contributed by atoms with E-state index in [1.54, 1.807) is 0 Å². The summed E-state index contributed by atoms with van der Waals surface area (Å²) in [6.07, 6.45) is 2.68. The van der Waals surface area contributed by atoms with E-state index in [1.165, 1.54) is 23.3 Å². The average Bonchev–Trinajstić information content (AvgIpc) is 3.09. The van der Waals surface area contributed by atoms with E-state index in [0.29, 0.717) is 0 Å². The van der Waals surface area contributed by atoms with Gasteiger partial charge in [-0.15, -0.1) is 11.8 Å². The molecule has 2 rings (SSSR count). The largest absolute Gasteiger partial charge is 0.310 e. The molecular formula is C13H16BrNS. The Morgan fingerprint density at radius 2 is 2.06 bits per heavy atom. The van der Waals surface area contributed by atoms with E-state index in [0.717, 1.165) is 22.8 Å². The van der Waals surface area contributed by atoms with Gasteiger partial charge in [0.2, 0.25) is 0 Å². The van der Waals surface area contributed by atoms with Crippen LogP contribution in [0.15, 0.2) is 45.8 Å². The van der Waals surface area contributed by atoms with Crippen LogP contribution in [-0.4, -0.2) is 18.3 Å². The molecule has 1 nitrogen and oxygen atoms in total. The van der Waals surface area contributed by atoms with Crippen LogP contribution in [0, 0.1) is 0 Å². The summed E-state index contributed by atoms with van der Waals surface area (Å²) in [6.45, 7) is 5.06. The van der Waals surface area contributed by atoms with Crippen LogP contribution in [0.3, 0.4) is 0 Å². The van der Waals surface area contributed by atoms with Crippen LogP contribution in [0.1, 0.15) is 12.8 Å². The lowest BCUT2D eigenvalue weighted by Gasteiger charge is -2.06. The SMILES string of the molecule is C=C(CNC1CC1)CSc1ccc(Br)cc1. The molecule has 0 aromatic heterocycles. The zero-order valence-electron chi connectivity index (χ0n) is 9.21. The summed E-state index contributed by atoms with van der Waals surface area (Å²) in [6, 6.07) is 9.20. The van der Waals surface area contributed by atoms with Crippen LogP contribution in [0.4, 0.5) is 0 Å². The van der Waals surface area contributed by atoms with E-state index < -0.39 is 0 Å². The predicted octanol–water partition coefficient (Wildman–Crippen LogP) is 3.85. The normalized spacial score (nSPS) is 15.1. The highest BCUT2D eigenvalue weighted by Gasteiger charge is 2.19. The van der Waals surface area contributed by atoms with Crippen molar-refractivity contribution in [2.75, 3.05) is 12.3 Å². The Morgan fingerprint density at radius 3 is 2.69 bits per heavy atom. The number of hydrogen-bond acceptors (Lipinski definition) is 2. The fraction of sp³-hybridized carbons (Fsp3) is 0.385. The van der Waals surface area contributed by atoms with E-state index in [-0.39, 0.29) is 0 Å². The third-order valence-electron chi connectivity index (χ3n) is 2.47. The molecule has 1 aromatic rings. The monoisotopic (exact) mass is 297 g/mol. The highest BCUT2D eigenvalue weighted by Crippen LogP contribution is 2.23. The van der Waals surface area contributed by atoms with E-state index in [9.17, 15) is 0 Å². The topological polar surface area (TPSA) is 12.0 Å². The van der Waals surface area contributed by atoms with E-state index in [2.05, 4.69) is 52.1 Å². The van der Waals surface area contributed by atoms with Crippen molar-refractivity contribution in [3.63, 3.8) is 0 Å². The fourth-order valence-corrected chi connectivity index (χ4v) is 2.41. The Hall–Kier alpha value is -0.250. The van der Waals surface area contributed by atoms with Crippen LogP contribution in [-0.2, 0) is 0 Å². The van der Waals surface area contributed by atoms with Gasteiger partial charge >= 0.3 is 0 Å². The van der Waals surface area contributed by atoms with Gasteiger partial charge in [-0.1, -0.05) is 28.1 Å². The molecule has 0 spiro atoms. The minimum absolute atomic E-state index is 0.773. The van der Waals surface area contributed by atoms with Crippen molar-refractivity contribution in [1.82, 2.24) is 5.32 Å². The molecule has 86 valence electrons. The number of thioether (sulfide) groups is 1. The van der Waals surface area contributed by atoms with Gasteiger partial charge in [-0.3, -0.25) is 0 Å². The molecule has 3 heteroatoms. The Kier molecular flexibility index (Phi) is 4.50. The molecule has 0 bridgehead atoms. The first-order chi connectivity index (χ1) is 7.74. The van der Waals surface area contributed by atoms with Gasteiger partial charge in [-0.25, -0.2) is 0 Å². The number of benzene rings is 1. The maximum atomic E-state index is 4.09. The summed E-state index contributed by atoms with van der Waals surface area (Å²) < 4.78 is 1.13. The number of hydrogen-bond donors (Lipinski definition) is 1.